The summed E-state index contributed by atoms with van der Waals surface area (Å²) in [6, 6.07) is 0. The van der Waals surface area contributed by atoms with E-state index in [1.807, 2.05) is 27.7 Å². The van der Waals surface area contributed by atoms with E-state index in [4.69, 9.17) is 0 Å². The minimum Gasteiger partial charge on any atom is -0.291 e. The van der Waals surface area contributed by atoms with Gasteiger partial charge < -0.3 is 0 Å². The maximum atomic E-state index is 11.3. The zero-order valence-electron chi connectivity index (χ0n) is 7.47. The lowest BCUT2D eigenvalue weighted by atomic mass is 9.80. The van der Waals surface area contributed by atoms with Crippen molar-refractivity contribution >= 4 is 11.6 Å². The van der Waals surface area contributed by atoms with E-state index in [2.05, 4.69) is 0 Å². The number of carbonyl (C=O) groups is 2. The summed E-state index contributed by atoms with van der Waals surface area (Å²) >= 11 is 0. The number of carbonyl (C=O) groups excluding carboxylic acids is 2. The Morgan fingerprint density at radius 3 is 1.73 bits per heavy atom. The molecule has 11 heavy (non-hydrogen) atoms. The van der Waals surface area contributed by atoms with Gasteiger partial charge in [-0.15, -0.1) is 0 Å². The van der Waals surface area contributed by atoms with Crippen LogP contribution < -0.4 is 0 Å². The third kappa shape index (κ3) is 0.924. The Kier molecular flexibility index (Phi) is 1.66. The van der Waals surface area contributed by atoms with Gasteiger partial charge >= 0.3 is 0 Å². The van der Waals surface area contributed by atoms with E-state index in [1.165, 1.54) is 0 Å². The smallest absolute Gasteiger partial charge is 0.204 e. The van der Waals surface area contributed by atoms with Crippen LogP contribution in [0.5, 0.6) is 0 Å². The van der Waals surface area contributed by atoms with Crippen LogP contribution in [0.3, 0.4) is 0 Å². The van der Waals surface area contributed by atoms with Crippen molar-refractivity contribution in [1.82, 2.24) is 0 Å². The second-order valence-corrected chi connectivity index (χ2v) is 3.99. The lowest BCUT2D eigenvalue weighted by molar-refractivity contribution is -0.138. The molecule has 0 radical (unpaired) electrons. The van der Waals surface area contributed by atoms with E-state index in [9.17, 15) is 9.59 Å². The van der Waals surface area contributed by atoms with Gasteiger partial charge in [0.15, 0.2) is 0 Å². The van der Waals surface area contributed by atoms with Gasteiger partial charge in [0.2, 0.25) is 11.6 Å². The SMILES string of the molecule is CC1C(=O)C(=O)C(C)(C)C1C. The molecule has 0 bridgehead atoms. The zero-order chi connectivity index (χ0) is 8.81. The molecule has 1 saturated carbocycles. The molecule has 2 heteroatoms. The fourth-order valence-electron chi connectivity index (χ4n) is 1.58. The van der Waals surface area contributed by atoms with Crippen LogP contribution in [-0.2, 0) is 9.59 Å². The predicted octanol–water partition coefficient (Wildman–Crippen LogP) is 1.44. The first-order chi connectivity index (χ1) is 4.89. The molecular weight excluding hydrogens is 140 g/mol. The van der Waals surface area contributed by atoms with Gasteiger partial charge in [0.1, 0.15) is 0 Å². The number of Topliss-reactive ketones (excluding diaryl/α,β-unsaturated/α-hetero) is 2. The molecule has 0 aliphatic heterocycles. The fourth-order valence-corrected chi connectivity index (χ4v) is 1.58. The predicted molar refractivity (Wildman–Crippen MR) is 42.1 cm³/mol. The van der Waals surface area contributed by atoms with Crippen LogP contribution in [0, 0.1) is 17.3 Å². The number of hydrogen-bond donors (Lipinski definition) is 0. The summed E-state index contributed by atoms with van der Waals surface area (Å²) < 4.78 is 0. The first-order valence-corrected chi connectivity index (χ1v) is 3.97. The Bertz CT molecular complexity index is 216. The average Bonchev–Trinajstić information content (AvgIpc) is 2.06. The summed E-state index contributed by atoms with van der Waals surface area (Å²) in [6.07, 6.45) is 0. The van der Waals surface area contributed by atoms with Crippen molar-refractivity contribution in [1.29, 1.82) is 0 Å². The molecule has 0 N–H and O–H groups in total. The summed E-state index contributed by atoms with van der Waals surface area (Å²) in [6.45, 7) is 7.50. The van der Waals surface area contributed by atoms with Crippen molar-refractivity contribution in [2.75, 3.05) is 0 Å². The van der Waals surface area contributed by atoms with E-state index >= 15 is 0 Å². The minimum atomic E-state index is -0.434. The van der Waals surface area contributed by atoms with Gasteiger partial charge in [-0.25, -0.2) is 0 Å². The lowest BCUT2D eigenvalue weighted by Gasteiger charge is -2.21. The van der Waals surface area contributed by atoms with Crippen molar-refractivity contribution in [2.24, 2.45) is 17.3 Å². The Hall–Kier alpha value is -0.660. The fraction of sp³-hybridized carbons (Fsp3) is 0.778. The van der Waals surface area contributed by atoms with Crippen LogP contribution in [0.4, 0.5) is 0 Å². The maximum Gasteiger partial charge on any atom is 0.204 e. The van der Waals surface area contributed by atoms with Gasteiger partial charge in [-0.2, -0.15) is 0 Å². The van der Waals surface area contributed by atoms with Crippen molar-refractivity contribution in [3.8, 4) is 0 Å². The second-order valence-electron chi connectivity index (χ2n) is 3.99. The van der Waals surface area contributed by atoms with E-state index < -0.39 is 5.41 Å². The Morgan fingerprint density at radius 2 is 1.64 bits per heavy atom. The molecule has 0 heterocycles. The van der Waals surface area contributed by atoms with Crippen molar-refractivity contribution in [3.63, 3.8) is 0 Å². The van der Waals surface area contributed by atoms with Crippen LogP contribution in [0.1, 0.15) is 27.7 Å². The summed E-state index contributed by atoms with van der Waals surface area (Å²) in [7, 11) is 0. The van der Waals surface area contributed by atoms with Gasteiger partial charge in [0.25, 0.3) is 0 Å². The van der Waals surface area contributed by atoms with Crippen LogP contribution in [0.2, 0.25) is 0 Å². The third-order valence-corrected chi connectivity index (χ3v) is 3.11. The van der Waals surface area contributed by atoms with E-state index in [1.54, 1.807) is 0 Å². The van der Waals surface area contributed by atoms with E-state index in [0.29, 0.717) is 0 Å². The highest BCUT2D eigenvalue weighted by Crippen LogP contribution is 2.40. The quantitative estimate of drug-likeness (QED) is 0.495. The molecule has 0 amide bonds. The van der Waals surface area contributed by atoms with Crippen LogP contribution >= 0.6 is 0 Å². The van der Waals surface area contributed by atoms with E-state index in [0.717, 1.165) is 0 Å². The van der Waals surface area contributed by atoms with Gasteiger partial charge in [0.05, 0.1) is 0 Å². The first-order valence-electron chi connectivity index (χ1n) is 3.97. The Morgan fingerprint density at radius 1 is 1.18 bits per heavy atom. The Balaban J connectivity index is 3.06. The molecule has 1 aliphatic rings. The molecule has 0 aromatic carbocycles. The molecule has 0 aromatic rings. The molecule has 1 rings (SSSR count). The maximum absolute atomic E-state index is 11.3. The van der Waals surface area contributed by atoms with Crippen molar-refractivity contribution in [2.45, 2.75) is 27.7 Å². The topological polar surface area (TPSA) is 34.1 Å². The lowest BCUT2D eigenvalue weighted by Crippen LogP contribution is -2.25. The molecule has 1 fully saturated rings. The third-order valence-electron chi connectivity index (χ3n) is 3.11. The summed E-state index contributed by atoms with van der Waals surface area (Å²) in [5.74, 6) is -0.292. The summed E-state index contributed by atoms with van der Waals surface area (Å²) in [5.41, 5.74) is -0.434. The molecule has 2 nitrogen and oxygen atoms in total. The van der Waals surface area contributed by atoms with Crippen LogP contribution in [0.15, 0.2) is 0 Å². The van der Waals surface area contributed by atoms with Crippen LogP contribution in [-0.4, -0.2) is 11.6 Å². The minimum absolute atomic E-state index is 0.0856. The summed E-state index contributed by atoms with van der Waals surface area (Å²) in [4.78, 5) is 22.5. The van der Waals surface area contributed by atoms with Gasteiger partial charge in [-0.1, -0.05) is 27.7 Å². The summed E-state index contributed by atoms with van der Waals surface area (Å²) in [5, 5.41) is 0. The molecule has 0 aromatic heterocycles. The highest BCUT2D eigenvalue weighted by molar-refractivity contribution is 6.41. The number of ketones is 2. The first kappa shape index (κ1) is 8.44. The molecule has 0 spiro atoms. The average molecular weight is 154 g/mol. The van der Waals surface area contributed by atoms with Gasteiger partial charge in [0, 0.05) is 11.3 Å². The zero-order valence-corrected chi connectivity index (χ0v) is 7.47. The Labute approximate surface area is 67.0 Å². The van der Waals surface area contributed by atoms with Gasteiger partial charge in [-0.3, -0.25) is 9.59 Å². The molecular formula is C9H14O2. The number of rotatable bonds is 0. The van der Waals surface area contributed by atoms with Crippen LogP contribution in [0.25, 0.3) is 0 Å². The highest BCUT2D eigenvalue weighted by atomic mass is 16.2. The molecule has 0 saturated heterocycles. The van der Waals surface area contributed by atoms with Crippen molar-refractivity contribution < 1.29 is 9.59 Å². The molecule has 2 atom stereocenters. The highest BCUT2D eigenvalue weighted by Gasteiger charge is 2.50. The number of hydrogen-bond acceptors (Lipinski definition) is 2. The van der Waals surface area contributed by atoms with E-state index in [-0.39, 0.29) is 23.4 Å². The largest absolute Gasteiger partial charge is 0.291 e. The molecule has 1 aliphatic carbocycles. The van der Waals surface area contributed by atoms with Crippen molar-refractivity contribution in [3.05, 3.63) is 0 Å². The molecule has 62 valence electrons. The van der Waals surface area contributed by atoms with Gasteiger partial charge in [-0.05, 0) is 5.92 Å². The standard InChI is InChI=1S/C9H14O2/c1-5-6(2)9(3,4)8(11)7(5)10/h5-6H,1-4H3. The monoisotopic (exact) mass is 154 g/mol. The second kappa shape index (κ2) is 2.16. The normalized spacial score (nSPS) is 36.4. The molecule has 2 unspecified atom stereocenters.